The predicted octanol–water partition coefficient (Wildman–Crippen LogP) is -2.47. The third-order valence-corrected chi connectivity index (χ3v) is 2.44. The molecule has 0 saturated heterocycles. The Labute approximate surface area is 138 Å². The standard InChI is InChI=1S/C10H18O7S.Na/c1-3-5-14-9(11)7-8(18-17-16-13)10(12)15-6-4-2;/h8,13H,3-7H2,1-2H3;/q;+1/p-1. The summed E-state index contributed by atoms with van der Waals surface area (Å²) in [6.45, 7) is 4.20. The molecule has 0 aromatic rings. The summed E-state index contributed by atoms with van der Waals surface area (Å²) < 4.78 is 13.7. The molecule has 106 valence electrons. The molecule has 1 atom stereocenters. The molecule has 0 rings (SSSR count). The average Bonchev–Trinajstić information content (AvgIpc) is 2.38. The molecule has 0 saturated carbocycles. The van der Waals surface area contributed by atoms with Crippen molar-refractivity contribution in [3.8, 4) is 0 Å². The second-order valence-electron chi connectivity index (χ2n) is 3.31. The van der Waals surface area contributed by atoms with E-state index in [1.54, 1.807) is 0 Å². The largest absolute Gasteiger partial charge is 1.00 e. The summed E-state index contributed by atoms with van der Waals surface area (Å²) in [6, 6.07) is 0. The van der Waals surface area contributed by atoms with Gasteiger partial charge in [0.05, 0.1) is 19.6 Å². The van der Waals surface area contributed by atoms with Gasteiger partial charge in [0.15, 0.2) is 0 Å². The number of carbonyl (C=O) groups is 2. The molecule has 0 aliphatic rings. The molecule has 1 unspecified atom stereocenters. The zero-order valence-corrected chi connectivity index (χ0v) is 14.2. The van der Waals surface area contributed by atoms with Crippen LogP contribution in [0.15, 0.2) is 0 Å². The first-order valence-electron chi connectivity index (χ1n) is 5.59. The zero-order valence-electron chi connectivity index (χ0n) is 11.4. The third kappa shape index (κ3) is 11.7. The molecule has 0 fully saturated rings. The first-order chi connectivity index (χ1) is 8.65. The van der Waals surface area contributed by atoms with E-state index >= 15 is 0 Å². The molecule has 0 aromatic carbocycles. The monoisotopic (exact) mass is 304 g/mol. The van der Waals surface area contributed by atoms with Gasteiger partial charge in [0, 0.05) is 12.0 Å². The minimum absolute atomic E-state index is 0. The van der Waals surface area contributed by atoms with Gasteiger partial charge in [0.2, 0.25) is 0 Å². The maximum absolute atomic E-state index is 11.5. The molecule has 0 aromatic heterocycles. The molecule has 0 amide bonds. The number of rotatable bonds is 10. The Bertz CT molecular complexity index is 252. The second kappa shape index (κ2) is 14.6. The topological polar surface area (TPSA) is 94.1 Å². The molecule has 7 nitrogen and oxygen atoms in total. The number of hydrogen-bond acceptors (Lipinski definition) is 8. The Balaban J connectivity index is 0. The van der Waals surface area contributed by atoms with Gasteiger partial charge < -0.3 is 14.7 Å². The number of esters is 2. The van der Waals surface area contributed by atoms with Crippen LogP contribution in [-0.4, -0.2) is 30.4 Å². The molecule has 0 aliphatic heterocycles. The Morgan fingerprint density at radius 1 is 1.16 bits per heavy atom. The van der Waals surface area contributed by atoms with Crippen molar-refractivity contribution in [1.29, 1.82) is 0 Å². The van der Waals surface area contributed by atoms with Crippen LogP contribution in [0.5, 0.6) is 0 Å². The number of ether oxygens (including phenoxy) is 2. The van der Waals surface area contributed by atoms with Gasteiger partial charge in [-0.15, -0.1) is 0 Å². The molecule has 0 radical (unpaired) electrons. The summed E-state index contributed by atoms with van der Waals surface area (Å²) >= 11 is 0.432. The van der Waals surface area contributed by atoms with Crippen LogP contribution in [0.1, 0.15) is 33.1 Å². The Kier molecular flexibility index (Phi) is 16.5. The minimum atomic E-state index is -0.977. The van der Waals surface area contributed by atoms with Crippen molar-refractivity contribution in [2.75, 3.05) is 13.2 Å². The first kappa shape index (κ1) is 21.5. The van der Waals surface area contributed by atoms with Crippen LogP contribution in [-0.2, 0) is 28.4 Å². The SMILES string of the molecule is CCCOC(=O)CC(SOO[O-])C(=O)OCCC.[Na+]. The first-order valence-corrected chi connectivity index (χ1v) is 6.40. The van der Waals surface area contributed by atoms with E-state index < -0.39 is 17.2 Å². The van der Waals surface area contributed by atoms with Gasteiger partial charge in [-0.25, -0.2) is 0 Å². The fourth-order valence-corrected chi connectivity index (χ4v) is 1.42. The van der Waals surface area contributed by atoms with Crippen molar-refractivity contribution in [2.24, 2.45) is 0 Å². The van der Waals surface area contributed by atoms with E-state index in [4.69, 9.17) is 9.47 Å². The van der Waals surface area contributed by atoms with Gasteiger partial charge in [0.25, 0.3) is 0 Å². The van der Waals surface area contributed by atoms with Crippen molar-refractivity contribution in [2.45, 2.75) is 38.4 Å². The van der Waals surface area contributed by atoms with Crippen LogP contribution in [0.4, 0.5) is 0 Å². The van der Waals surface area contributed by atoms with Crippen molar-refractivity contribution < 1.29 is 63.2 Å². The van der Waals surface area contributed by atoms with Crippen LogP contribution in [0.2, 0.25) is 0 Å². The van der Waals surface area contributed by atoms with Crippen molar-refractivity contribution in [3.05, 3.63) is 0 Å². The van der Waals surface area contributed by atoms with Crippen LogP contribution < -0.4 is 34.8 Å². The van der Waals surface area contributed by atoms with Crippen LogP contribution >= 0.6 is 12.0 Å². The van der Waals surface area contributed by atoms with Gasteiger partial charge in [-0.3, -0.25) is 14.6 Å². The third-order valence-electron chi connectivity index (χ3n) is 1.71. The van der Waals surface area contributed by atoms with E-state index in [0.717, 1.165) is 0 Å². The van der Waals surface area contributed by atoms with E-state index in [-0.39, 0.29) is 49.2 Å². The summed E-state index contributed by atoms with van der Waals surface area (Å²) in [5.74, 6) is -1.20. The number of carbonyl (C=O) groups excluding carboxylic acids is 2. The minimum Gasteiger partial charge on any atom is -0.691 e. The van der Waals surface area contributed by atoms with E-state index in [1.165, 1.54) is 0 Å². The fourth-order valence-electron chi connectivity index (χ4n) is 0.942. The fraction of sp³-hybridized carbons (Fsp3) is 0.800. The summed E-state index contributed by atoms with van der Waals surface area (Å²) in [6.07, 6.45) is 1.10. The van der Waals surface area contributed by atoms with Gasteiger partial charge in [0.1, 0.15) is 5.25 Å². The number of hydrogen-bond donors (Lipinski definition) is 0. The van der Waals surface area contributed by atoms with Gasteiger partial charge in [-0.1, -0.05) is 13.8 Å². The van der Waals surface area contributed by atoms with Crippen molar-refractivity contribution in [3.63, 3.8) is 0 Å². The van der Waals surface area contributed by atoms with E-state index in [2.05, 4.69) is 9.37 Å². The van der Waals surface area contributed by atoms with Crippen molar-refractivity contribution >= 4 is 24.0 Å². The quantitative estimate of drug-likeness (QED) is 0.144. The molecule has 0 bridgehead atoms. The summed E-state index contributed by atoms with van der Waals surface area (Å²) in [7, 11) is 0. The van der Waals surface area contributed by atoms with Crippen LogP contribution in [0, 0.1) is 0 Å². The molecule has 0 heterocycles. The average molecular weight is 304 g/mol. The van der Waals surface area contributed by atoms with E-state index in [1.807, 2.05) is 13.8 Å². The van der Waals surface area contributed by atoms with Gasteiger partial charge in [-0.05, 0) is 12.8 Å². The van der Waals surface area contributed by atoms with Gasteiger partial charge in [-0.2, -0.15) is 4.33 Å². The second-order valence-corrected chi connectivity index (χ2v) is 4.21. The Morgan fingerprint density at radius 2 is 1.74 bits per heavy atom. The molecule has 0 aliphatic carbocycles. The summed E-state index contributed by atoms with van der Waals surface area (Å²) in [5.41, 5.74) is 0. The summed E-state index contributed by atoms with van der Waals surface area (Å²) in [4.78, 5) is 22.9. The molecule has 0 N–H and O–H groups in total. The van der Waals surface area contributed by atoms with Gasteiger partial charge >= 0.3 is 41.5 Å². The van der Waals surface area contributed by atoms with E-state index in [0.29, 0.717) is 24.9 Å². The molecular weight excluding hydrogens is 287 g/mol. The van der Waals surface area contributed by atoms with Crippen molar-refractivity contribution in [1.82, 2.24) is 0 Å². The Hall–Kier alpha value is 0.170. The normalized spacial score (nSPS) is 11.3. The van der Waals surface area contributed by atoms with E-state index in [9.17, 15) is 14.8 Å². The Morgan fingerprint density at radius 3 is 2.26 bits per heavy atom. The smallest absolute Gasteiger partial charge is 0.691 e. The predicted molar refractivity (Wildman–Crippen MR) is 60.7 cm³/mol. The molecule has 9 heteroatoms. The molecule has 0 spiro atoms. The summed E-state index contributed by atoms with van der Waals surface area (Å²) in [5, 5.41) is 11.9. The van der Waals surface area contributed by atoms with Crippen LogP contribution in [0.25, 0.3) is 0 Å². The maximum Gasteiger partial charge on any atom is 1.00 e. The maximum atomic E-state index is 11.5. The molecule has 19 heavy (non-hydrogen) atoms. The van der Waals surface area contributed by atoms with Crippen LogP contribution in [0.3, 0.4) is 0 Å². The zero-order chi connectivity index (χ0) is 13.8. The molecular formula is C10H17NaO7S.